The van der Waals surface area contributed by atoms with Crippen LogP contribution in [0.2, 0.25) is 0 Å². The molecule has 1 unspecified atom stereocenters. The van der Waals surface area contributed by atoms with Crippen molar-refractivity contribution in [1.29, 1.82) is 0 Å². The maximum Gasteiger partial charge on any atom is 0.258 e. The molecule has 6 heteroatoms. The van der Waals surface area contributed by atoms with Crippen molar-refractivity contribution in [3.63, 3.8) is 0 Å². The zero-order valence-electron chi connectivity index (χ0n) is 19.7. The molecular formula is C28H31N3O3. The first-order valence-electron chi connectivity index (χ1n) is 11.7. The van der Waals surface area contributed by atoms with Crippen LogP contribution in [0.3, 0.4) is 0 Å². The van der Waals surface area contributed by atoms with Gasteiger partial charge in [-0.25, -0.2) is 4.98 Å². The van der Waals surface area contributed by atoms with E-state index in [0.29, 0.717) is 12.4 Å². The molecule has 0 spiro atoms. The van der Waals surface area contributed by atoms with Crippen LogP contribution < -0.4 is 14.8 Å². The second-order valence-electron chi connectivity index (χ2n) is 8.37. The molecule has 1 heterocycles. The number of amides is 1. The molecule has 0 saturated heterocycles. The predicted molar refractivity (Wildman–Crippen MR) is 134 cm³/mol. The monoisotopic (exact) mass is 457 g/mol. The van der Waals surface area contributed by atoms with E-state index in [1.54, 1.807) is 0 Å². The molecule has 0 radical (unpaired) electrons. The first-order valence-corrected chi connectivity index (χ1v) is 11.7. The van der Waals surface area contributed by atoms with Crippen molar-refractivity contribution >= 4 is 16.9 Å². The van der Waals surface area contributed by atoms with Gasteiger partial charge in [0.25, 0.3) is 5.91 Å². The lowest BCUT2D eigenvalue weighted by Gasteiger charge is -2.17. The van der Waals surface area contributed by atoms with Crippen LogP contribution in [0.5, 0.6) is 11.5 Å². The van der Waals surface area contributed by atoms with Crippen molar-refractivity contribution in [1.82, 2.24) is 14.9 Å². The summed E-state index contributed by atoms with van der Waals surface area (Å²) in [4.78, 5) is 17.3. The van der Waals surface area contributed by atoms with Gasteiger partial charge in [-0.15, -0.1) is 0 Å². The molecule has 0 bridgehead atoms. The molecule has 0 fully saturated rings. The molecule has 1 atom stereocenters. The number of hydrogen-bond donors (Lipinski definition) is 1. The number of carbonyl (C=O) groups is 1. The molecule has 1 amide bonds. The normalized spacial score (nSPS) is 11.8. The van der Waals surface area contributed by atoms with Crippen molar-refractivity contribution in [2.45, 2.75) is 39.3 Å². The van der Waals surface area contributed by atoms with Crippen LogP contribution in [0, 0.1) is 6.92 Å². The lowest BCUT2D eigenvalue weighted by Crippen LogP contribution is -2.32. The maximum atomic E-state index is 12.5. The minimum atomic E-state index is -0.247. The molecule has 1 N–H and O–H groups in total. The predicted octanol–water partition coefficient (Wildman–Crippen LogP) is 5.46. The Morgan fingerprint density at radius 2 is 1.71 bits per heavy atom. The Kier molecular flexibility index (Phi) is 7.81. The molecule has 3 aromatic carbocycles. The van der Waals surface area contributed by atoms with Crippen molar-refractivity contribution < 1.29 is 14.3 Å². The maximum absolute atomic E-state index is 12.5. The summed E-state index contributed by atoms with van der Waals surface area (Å²) in [6.07, 6.45) is 1.86. The molecule has 34 heavy (non-hydrogen) atoms. The summed E-state index contributed by atoms with van der Waals surface area (Å²) >= 11 is 0. The Bertz CT molecular complexity index is 1220. The number of rotatable bonds is 11. The average molecular weight is 458 g/mol. The lowest BCUT2D eigenvalue weighted by atomic mass is 10.2. The number of nitrogens with zero attached hydrogens (tertiary/aromatic N) is 2. The molecule has 6 nitrogen and oxygen atoms in total. The van der Waals surface area contributed by atoms with E-state index in [1.165, 1.54) is 5.56 Å². The number of imidazole rings is 1. The Labute approximate surface area is 200 Å². The molecule has 0 aliphatic heterocycles. The van der Waals surface area contributed by atoms with Crippen LogP contribution in [-0.2, 0) is 11.3 Å². The fourth-order valence-corrected chi connectivity index (χ4v) is 3.94. The SMILES string of the molecule is Cc1cccc(OCCCCn2c(C(C)NC(=O)COc3ccccc3)nc3ccccc32)c1. The topological polar surface area (TPSA) is 65.4 Å². The number of nitrogens with one attached hydrogen (secondary N) is 1. The Hall–Kier alpha value is -3.80. The quantitative estimate of drug-likeness (QED) is 0.304. The number of hydrogen-bond acceptors (Lipinski definition) is 4. The van der Waals surface area contributed by atoms with Crippen LogP contribution in [0.25, 0.3) is 11.0 Å². The van der Waals surface area contributed by atoms with Gasteiger partial charge in [0.1, 0.15) is 17.3 Å². The highest BCUT2D eigenvalue weighted by atomic mass is 16.5. The van der Waals surface area contributed by atoms with Crippen molar-refractivity contribution in [2.75, 3.05) is 13.2 Å². The highest BCUT2D eigenvalue weighted by Gasteiger charge is 2.18. The van der Waals surface area contributed by atoms with Crippen molar-refractivity contribution in [3.8, 4) is 11.5 Å². The van der Waals surface area contributed by atoms with E-state index in [4.69, 9.17) is 14.5 Å². The van der Waals surface area contributed by atoms with Gasteiger partial charge in [0, 0.05) is 6.54 Å². The van der Waals surface area contributed by atoms with Gasteiger partial charge in [0.2, 0.25) is 0 Å². The first-order chi connectivity index (χ1) is 16.6. The first kappa shape index (κ1) is 23.4. The van der Waals surface area contributed by atoms with Crippen LogP contribution >= 0.6 is 0 Å². The van der Waals surface area contributed by atoms with Gasteiger partial charge in [-0.3, -0.25) is 4.79 Å². The van der Waals surface area contributed by atoms with Gasteiger partial charge in [-0.2, -0.15) is 0 Å². The third kappa shape index (κ3) is 6.16. The minimum Gasteiger partial charge on any atom is -0.494 e. The van der Waals surface area contributed by atoms with E-state index >= 15 is 0 Å². The standard InChI is InChI=1S/C28H31N3O3/c1-21-11-10-14-24(19-21)33-18-9-8-17-31-26-16-7-6-15-25(26)30-28(31)22(2)29-27(32)20-34-23-12-4-3-5-13-23/h3-7,10-16,19,22H,8-9,17-18,20H2,1-2H3,(H,29,32). The molecule has 0 saturated carbocycles. The number of unbranched alkanes of at least 4 members (excludes halogenated alkanes) is 1. The highest BCUT2D eigenvalue weighted by molar-refractivity contribution is 5.79. The van der Waals surface area contributed by atoms with Crippen LogP contribution in [-0.4, -0.2) is 28.7 Å². The van der Waals surface area contributed by atoms with Gasteiger partial charge >= 0.3 is 0 Å². The zero-order valence-corrected chi connectivity index (χ0v) is 19.7. The van der Waals surface area contributed by atoms with Crippen molar-refractivity contribution in [3.05, 3.63) is 90.3 Å². The van der Waals surface area contributed by atoms with E-state index in [9.17, 15) is 4.79 Å². The fraction of sp³-hybridized carbons (Fsp3) is 0.286. The number of aryl methyl sites for hydroxylation is 2. The van der Waals surface area contributed by atoms with Crippen LogP contribution in [0.15, 0.2) is 78.9 Å². The van der Waals surface area contributed by atoms with Gasteiger partial charge in [-0.1, -0.05) is 42.5 Å². The van der Waals surface area contributed by atoms with Crippen LogP contribution in [0.4, 0.5) is 0 Å². The molecule has 0 aliphatic carbocycles. The molecular weight excluding hydrogens is 426 g/mol. The number of ether oxygens (including phenoxy) is 2. The van der Waals surface area contributed by atoms with E-state index < -0.39 is 0 Å². The highest BCUT2D eigenvalue weighted by Crippen LogP contribution is 2.22. The number of benzene rings is 3. The molecule has 1 aromatic heterocycles. The number of carbonyl (C=O) groups excluding carboxylic acids is 1. The lowest BCUT2D eigenvalue weighted by molar-refractivity contribution is -0.123. The zero-order chi connectivity index (χ0) is 23.8. The third-order valence-electron chi connectivity index (χ3n) is 5.60. The van der Waals surface area contributed by atoms with Crippen molar-refractivity contribution in [2.24, 2.45) is 0 Å². The summed E-state index contributed by atoms with van der Waals surface area (Å²) in [5, 5.41) is 3.02. The summed E-state index contributed by atoms with van der Waals surface area (Å²) in [6.45, 7) is 5.44. The van der Waals surface area contributed by atoms with Gasteiger partial charge < -0.3 is 19.4 Å². The largest absolute Gasteiger partial charge is 0.494 e. The minimum absolute atomic E-state index is 0.0368. The Morgan fingerprint density at radius 3 is 2.53 bits per heavy atom. The molecule has 4 aromatic rings. The van der Waals surface area contributed by atoms with Gasteiger partial charge in [0.15, 0.2) is 6.61 Å². The smallest absolute Gasteiger partial charge is 0.258 e. The summed E-state index contributed by atoms with van der Waals surface area (Å²) in [5.41, 5.74) is 3.19. The van der Waals surface area contributed by atoms with E-state index in [1.807, 2.05) is 73.7 Å². The Balaban J connectivity index is 1.35. The molecule has 176 valence electrons. The summed E-state index contributed by atoms with van der Waals surface area (Å²) in [6, 6.07) is 25.3. The van der Waals surface area contributed by atoms with Gasteiger partial charge in [-0.05, 0) is 68.7 Å². The fourth-order valence-electron chi connectivity index (χ4n) is 3.94. The molecule has 4 rings (SSSR count). The van der Waals surface area contributed by atoms with E-state index in [2.05, 4.69) is 28.9 Å². The number of fused-ring (bicyclic) bond motifs is 1. The molecule has 0 aliphatic rings. The third-order valence-corrected chi connectivity index (χ3v) is 5.60. The summed E-state index contributed by atoms with van der Waals surface area (Å²) in [7, 11) is 0. The average Bonchev–Trinajstić information content (AvgIpc) is 3.22. The summed E-state index contributed by atoms with van der Waals surface area (Å²) in [5.74, 6) is 2.24. The number of para-hydroxylation sites is 3. The van der Waals surface area contributed by atoms with E-state index in [-0.39, 0.29) is 18.6 Å². The number of aromatic nitrogens is 2. The second kappa shape index (κ2) is 11.4. The summed E-state index contributed by atoms with van der Waals surface area (Å²) < 4.78 is 13.7. The van der Waals surface area contributed by atoms with E-state index in [0.717, 1.165) is 42.0 Å². The van der Waals surface area contributed by atoms with Crippen LogP contribution in [0.1, 0.15) is 37.2 Å². The van der Waals surface area contributed by atoms with Gasteiger partial charge in [0.05, 0.1) is 23.7 Å². The Morgan fingerprint density at radius 1 is 0.941 bits per heavy atom. The second-order valence-corrected chi connectivity index (χ2v) is 8.37.